The van der Waals surface area contributed by atoms with Crippen molar-refractivity contribution in [3.8, 4) is 0 Å². The Hall–Kier alpha value is -2.08. The lowest BCUT2D eigenvalue weighted by atomic mass is 9.64. The third-order valence-electron chi connectivity index (χ3n) is 5.24. The van der Waals surface area contributed by atoms with Crippen LogP contribution in [0.4, 0.5) is 0 Å². The Bertz CT molecular complexity index is 733. The zero-order valence-electron chi connectivity index (χ0n) is 15.5. The molecule has 0 amide bonds. The number of hydrogen-bond acceptors (Lipinski definition) is 3. The second-order valence-corrected chi connectivity index (χ2v) is 7.22. The van der Waals surface area contributed by atoms with Gasteiger partial charge in [-0.2, -0.15) is 0 Å². The van der Waals surface area contributed by atoms with E-state index in [1.54, 1.807) is 13.4 Å². The van der Waals surface area contributed by atoms with Gasteiger partial charge in [-0.25, -0.2) is 0 Å². The normalized spacial score (nSPS) is 16.2. The van der Waals surface area contributed by atoms with E-state index in [2.05, 4.69) is 49.4 Å². The number of hydrogen-bond donors (Lipinski definition) is 2. The van der Waals surface area contributed by atoms with Crippen molar-refractivity contribution in [1.82, 2.24) is 25.4 Å². The molecule has 1 aromatic carbocycles. The van der Waals surface area contributed by atoms with Crippen molar-refractivity contribution < 1.29 is 0 Å². The van der Waals surface area contributed by atoms with Crippen molar-refractivity contribution in [2.75, 3.05) is 20.1 Å². The average molecular weight is 375 g/mol. The molecule has 0 radical (unpaired) electrons. The van der Waals surface area contributed by atoms with E-state index in [0.717, 1.165) is 42.9 Å². The van der Waals surface area contributed by atoms with Crippen LogP contribution in [0, 0.1) is 0 Å². The molecule has 140 valence electrons. The van der Waals surface area contributed by atoms with E-state index in [9.17, 15) is 0 Å². The smallest absolute Gasteiger partial charge is 0.191 e. The van der Waals surface area contributed by atoms with Gasteiger partial charge in [0.1, 0.15) is 12.2 Å². The number of nitrogens with zero attached hydrogens (tertiary/aromatic N) is 4. The Kier molecular flexibility index (Phi) is 6.14. The van der Waals surface area contributed by atoms with Gasteiger partial charge in [0.05, 0.1) is 0 Å². The molecule has 1 aromatic heterocycles. The maximum atomic E-state index is 6.04. The van der Waals surface area contributed by atoms with Crippen molar-refractivity contribution >= 4 is 17.6 Å². The van der Waals surface area contributed by atoms with Gasteiger partial charge in [-0.3, -0.25) is 4.99 Å². The van der Waals surface area contributed by atoms with Crippen LogP contribution in [0.3, 0.4) is 0 Å². The number of aromatic nitrogens is 3. The van der Waals surface area contributed by atoms with Crippen LogP contribution in [-0.4, -0.2) is 40.9 Å². The predicted octanol–water partition coefficient (Wildman–Crippen LogP) is 2.78. The van der Waals surface area contributed by atoms with Crippen LogP contribution in [0.2, 0.25) is 5.02 Å². The monoisotopic (exact) mass is 374 g/mol. The summed E-state index contributed by atoms with van der Waals surface area (Å²) in [6.45, 7) is 4.56. The molecule has 1 fully saturated rings. The number of halogens is 1. The van der Waals surface area contributed by atoms with Gasteiger partial charge in [-0.1, -0.05) is 37.1 Å². The van der Waals surface area contributed by atoms with Crippen LogP contribution in [0.25, 0.3) is 0 Å². The van der Waals surface area contributed by atoms with E-state index in [-0.39, 0.29) is 5.41 Å². The van der Waals surface area contributed by atoms with Crippen molar-refractivity contribution in [2.24, 2.45) is 4.99 Å². The SMILES string of the molecule is CCc1nncn1CCNC(=NC)NCC1(c2ccc(Cl)cc2)CCC1. The highest BCUT2D eigenvalue weighted by Crippen LogP contribution is 2.43. The van der Waals surface area contributed by atoms with Gasteiger partial charge in [0.25, 0.3) is 0 Å². The van der Waals surface area contributed by atoms with E-state index in [1.807, 2.05) is 12.1 Å². The van der Waals surface area contributed by atoms with Crippen LogP contribution >= 0.6 is 11.6 Å². The number of benzene rings is 1. The van der Waals surface area contributed by atoms with Crippen LogP contribution in [0.5, 0.6) is 0 Å². The molecule has 0 bridgehead atoms. The van der Waals surface area contributed by atoms with Crippen molar-refractivity contribution in [1.29, 1.82) is 0 Å². The summed E-state index contributed by atoms with van der Waals surface area (Å²) in [6, 6.07) is 8.26. The van der Waals surface area contributed by atoms with Crippen LogP contribution in [-0.2, 0) is 18.4 Å². The lowest BCUT2D eigenvalue weighted by Crippen LogP contribution is -2.49. The molecule has 3 rings (SSSR count). The fraction of sp³-hybridized carbons (Fsp3) is 0.526. The molecule has 0 aliphatic heterocycles. The zero-order valence-corrected chi connectivity index (χ0v) is 16.3. The largest absolute Gasteiger partial charge is 0.356 e. The molecule has 1 saturated carbocycles. The number of rotatable bonds is 7. The summed E-state index contributed by atoms with van der Waals surface area (Å²) in [7, 11) is 1.81. The minimum absolute atomic E-state index is 0.186. The van der Waals surface area contributed by atoms with Gasteiger partial charge in [0, 0.05) is 43.5 Å². The molecule has 26 heavy (non-hydrogen) atoms. The second-order valence-electron chi connectivity index (χ2n) is 6.79. The molecular weight excluding hydrogens is 348 g/mol. The molecule has 1 aliphatic carbocycles. The van der Waals surface area contributed by atoms with Crippen molar-refractivity contribution in [2.45, 2.75) is 44.6 Å². The molecule has 0 atom stereocenters. The maximum Gasteiger partial charge on any atom is 0.191 e. The summed E-state index contributed by atoms with van der Waals surface area (Å²) in [5, 5.41) is 15.7. The highest BCUT2D eigenvalue weighted by atomic mass is 35.5. The van der Waals surface area contributed by atoms with E-state index in [1.165, 1.54) is 24.8 Å². The Morgan fingerprint density at radius 2 is 2.04 bits per heavy atom. The average Bonchev–Trinajstić information content (AvgIpc) is 3.08. The molecule has 0 unspecified atom stereocenters. The first-order valence-electron chi connectivity index (χ1n) is 9.24. The summed E-state index contributed by atoms with van der Waals surface area (Å²) in [5.74, 6) is 1.84. The van der Waals surface area contributed by atoms with E-state index < -0.39 is 0 Å². The molecule has 2 N–H and O–H groups in total. The maximum absolute atomic E-state index is 6.04. The molecule has 1 aliphatic rings. The summed E-state index contributed by atoms with van der Waals surface area (Å²) in [5.41, 5.74) is 1.54. The predicted molar refractivity (Wildman–Crippen MR) is 106 cm³/mol. The quantitative estimate of drug-likeness (QED) is 0.577. The molecule has 0 saturated heterocycles. The first-order valence-corrected chi connectivity index (χ1v) is 9.62. The number of aryl methyl sites for hydroxylation is 1. The van der Waals surface area contributed by atoms with Gasteiger partial charge >= 0.3 is 0 Å². The lowest BCUT2D eigenvalue weighted by Gasteiger charge is -2.43. The number of nitrogens with one attached hydrogen (secondary N) is 2. The van der Waals surface area contributed by atoms with E-state index in [4.69, 9.17) is 11.6 Å². The van der Waals surface area contributed by atoms with E-state index >= 15 is 0 Å². The van der Waals surface area contributed by atoms with Crippen LogP contribution in [0.1, 0.15) is 37.6 Å². The zero-order chi connectivity index (χ0) is 18.4. The number of aliphatic imine (C=N–C) groups is 1. The summed E-state index contributed by atoms with van der Waals surface area (Å²) in [4.78, 5) is 4.35. The van der Waals surface area contributed by atoms with Gasteiger partial charge in [-0.15, -0.1) is 10.2 Å². The third-order valence-corrected chi connectivity index (χ3v) is 5.49. The fourth-order valence-electron chi connectivity index (χ4n) is 3.48. The van der Waals surface area contributed by atoms with Crippen LogP contribution < -0.4 is 10.6 Å². The minimum atomic E-state index is 0.186. The van der Waals surface area contributed by atoms with Crippen molar-refractivity contribution in [3.05, 3.63) is 47.0 Å². The number of guanidine groups is 1. The summed E-state index contributed by atoms with van der Waals surface area (Å²) in [6.07, 6.45) is 6.32. The standard InChI is InChI=1S/C19H27ClN6/c1-3-17-25-24-14-26(17)12-11-22-18(21-2)23-13-19(9-4-10-19)15-5-7-16(20)8-6-15/h5-8,14H,3-4,9-13H2,1-2H3,(H2,21,22,23). The van der Waals surface area contributed by atoms with Crippen molar-refractivity contribution in [3.63, 3.8) is 0 Å². The Morgan fingerprint density at radius 1 is 1.27 bits per heavy atom. The van der Waals surface area contributed by atoms with E-state index in [0.29, 0.717) is 0 Å². The van der Waals surface area contributed by atoms with Gasteiger partial charge in [-0.05, 0) is 30.5 Å². The molecule has 1 heterocycles. The molecule has 2 aromatic rings. The Labute approximate surface area is 160 Å². The van der Waals surface area contributed by atoms with Gasteiger partial charge < -0.3 is 15.2 Å². The molecular formula is C19H27ClN6. The Morgan fingerprint density at radius 3 is 2.65 bits per heavy atom. The summed E-state index contributed by atoms with van der Waals surface area (Å²) >= 11 is 6.04. The first kappa shape index (κ1) is 18.7. The highest BCUT2D eigenvalue weighted by Gasteiger charge is 2.38. The van der Waals surface area contributed by atoms with Gasteiger partial charge in [0.2, 0.25) is 0 Å². The highest BCUT2D eigenvalue weighted by molar-refractivity contribution is 6.30. The molecule has 0 spiro atoms. The minimum Gasteiger partial charge on any atom is -0.356 e. The van der Waals surface area contributed by atoms with Crippen LogP contribution in [0.15, 0.2) is 35.6 Å². The Balaban J connectivity index is 1.52. The summed E-state index contributed by atoms with van der Waals surface area (Å²) < 4.78 is 2.07. The topological polar surface area (TPSA) is 67.1 Å². The molecule has 6 nitrogen and oxygen atoms in total. The second kappa shape index (κ2) is 8.54. The third kappa shape index (κ3) is 4.18. The molecule has 7 heteroatoms. The fourth-order valence-corrected chi connectivity index (χ4v) is 3.61. The lowest BCUT2D eigenvalue weighted by molar-refractivity contribution is 0.244. The first-order chi connectivity index (χ1) is 12.7. The van der Waals surface area contributed by atoms with Gasteiger partial charge in [0.15, 0.2) is 5.96 Å².